The van der Waals surface area contributed by atoms with Crippen molar-refractivity contribution >= 4 is 28.5 Å². The van der Waals surface area contributed by atoms with E-state index in [0.29, 0.717) is 10.9 Å². The molecule has 1 aliphatic heterocycles. The van der Waals surface area contributed by atoms with E-state index in [-0.39, 0.29) is 5.91 Å². The average molecular weight is 225 g/mol. The number of carbonyl (C=O) groups is 1. The van der Waals surface area contributed by atoms with Crippen molar-refractivity contribution in [1.82, 2.24) is 5.32 Å². The second-order valence-electron chi connectivity index (χ2n) is 3.82. The zero-order valence-electron chi connectivity index (χ0n) is 8.66. The van der Waals surface area contributed by atoms with Gasteiger partial charge in [-0.3, -0.25) is 4.79 Å². The smallest absolute Gasteiger partial charge is 0.236 e. The molecule has 5 heteroatoms. The van der Waals surface area contributed by atoms with Gasteiger partial charge in [0.15, 0.2) is 5.17 Å². The quantitative estimate of drug-likeness (QED) is 0.547. The zero-order chi connectivity index (χ0) is 10.5. The third-order valence-corrected chi connectivity index (χ3v) is 3.41. The maximum Gasteiger partial charge on any atom is 0.236 e. The molecule has 1 saturated carbocycles. The molecule has 0 aromatic carbocycles. The summed E-state index contributed by atoms with van der Waals surface area (Å²) in [6, 6.07) is 0. The molecule has 1 N–H and O–H groups in total. The predicted molar refractivity (Wildman–Crippen MR) is 63.2 cm³/mol. The van der Waals surface area contributed by atoms with Crippen LogP contribution in [0.4, 0.5) is 0 Å². The molecule has 1 heterocycles. The molecular weight excluding hydrogens is 210 g/mol. The molecule has 0 atom stereocenters. The Bertz CT molecular complexity index is 302. The number of amidine groups is 1. The summed E-state index contributed by atoms with van der Waals surface area (Å²) in [5, 5.41) is 11.6. The van der Waals surface area contributed by atoms with E-state index in [9.17, 15) is 4.79 Å². The monoisotopic (exact) mass is 225 g/mol. The van der Waals surface area contributed by atoms with E-state index >= 15 is 0 Å². The highest BCUT2D eigenvalue weighted by molar-refractivity contribution is 8.15. The zero-order valence-corrected chi connectivity index (χ0v) is 9.48. The van der Waals surface area contributed by atoms with Crippen LogP contribution >= 0.6 is 11.8 Å². The van der Waals surface area contributed by atoms with Crippen LogP contribution in [0.5, 0.6) is 0 Å². The standard InChI is InChI=1S/C10H15N3OS/c14-9-7-15-10(11-9)13-12-8-5-3-1-2-4-6-8/h1-7H2,(H,11,13,14). The van der Waals surface area contributed by atoms with E-state index < -0.39 is 0 Å². The van der Waals surface area contributed by atoms with Crippen LogP contribution in [0.25, 0.3) is 0 Å². The van der Waals surface area contributed by atoms with Crippen LogP contribution in [-0.2, 0) is 4.79 Å². The van der Waals surface area contributed by atoms with Crippen LogP contribution in [0.2, 0.25) is 0 Å². The molecule has 0 unspecified atom stereocenters. The number of nitrogens with zero attached hydrogens (tertiary/aromatic N) is 2. The van der Waals surface area contributed by atoms with Gasteiger partial charge < -0.3 is 5.32 Å². The van der Waals surface area contributed by atoms with Gasteiger partial charge in [0.2, 0.25) is 5.91 Å². The summed E-state index contributed by atoms with van der Waals surface area (Å²) in [6.45, 7) is 0. The van der Waals surface area contributed by atoms with Crippen molar-refractivity contribution in [3.63, 3.8) is 0 Å². The summed E-state index contributed by atoms with van der Waals surface area (Å²) in [6.07, 6.45) is 7.19. The minimum atomic E-state index is 0.0276. The second-order valence-corrected chi connectivity index (χ2v) is 4.79. The summed E-state index contributed by atoms with van der Waals surface area (Å²) >= 11 is 1.43. The highest BCUT2D eigenvalue weighted by atomic mass is 32.2. The Hall–Kier alpha value is -0.840. The molecule has 1 amide bonds. The lowest BCUT2D eigenvalue weighted by molar-refractivity contribution is -0.116. The first-order valence-corrected chi connectivity index (χ1v) is 6.39. The molecular formula is C10H15N3OS. The Balaban J connectivity index is 1.93. The van der Waals surface area contributed by atoms with Gasteiger partial charge in [-0.05, 0) is 25.7 Å². The average Bonchev–Trinajstić information content (AvgIpc) is 2.52. The Morgan fingerprint density at radius 1 is 1.07 bits per heavy atom. The Kier molecular flexibility index (Phi) is 3.77. The molecule has 82 valence electrons. The topological polar surface area (TPSA) is 53.8 Å². The molecule has 2 rings (SSSR count). The van der Waals surface area contributed by atoms with Gasteiger partial charge in [-0.15, -0.1) is 5.10 Å². The number of carbonyl (C=O) groups excluding carboxylic acids is 1. The summed E-state index contributed by atoms with van der Waals surface area (Å²) in [5.74, 6) is 0.503. The Morgan fingerprint density at radius 2 is 1.80 bits per heavy atom. The summed E-state index contributed by atoms with van der Waals surface area (Å²) in [5.41, 5.74) is 1.18. The fraction of sp³-hybridized carbons (Fsp3) is 0.700. The predicted octanol–water partition coefficient (Wildman–Crippen LogP) is 1.92. The summed E-state index contributed by atoms with van der Waals surface area (Å²) in [4.78, 5) is 10.9. The molecule has 0 radical (unpaired) electrons. The minimum absolute atomic E-state index is 0.0276. The molecule has 1 saturated heterocycles. The Labute approximate surface area is 93.6 Å². The van der Waals surface area contributed by atoms with E-state index in [1.165, 1.54) is 43.2 Å². The van der Waals surface area contributed by atoms with Gasteiger partial charge in [0.25, 0.3) is 0 Å². The number of hydrogen-bond donors (Lipinski definition) is 1. The van der Waals surface area contributed by atoms with E-state index in [1.807, 2.05) is 0 Å². The first-order chi connectivity index (χ1) is 7.34. The van der Waals surface area contributed by atoms with E-state index in [0.717, 1.165) is 12.8 Å². The molecule has 15 heavy (non-hydrogen) atoms. The Morgan fingerprint density at radius 3 is 2.40 bits per heavy atom. The highest BCUT2D eigenvalue weighted by Crippen LogP contribution is 2.15. The van der Waals surface area contributed by atoms with Gasteiger partial charge in [-0.25, -0.2) is 0 Å². The van der Waals surface area contributed by atoms with Crippen LogP contribution in [-0.4, -0.2) is 22.5 Å². The minimum Gasteiger partial charge on any atom is -0.303 e. The molecule has 0 aromatic heterocycles. The SMILES string of the molecule is O=C1CS/C(=N/N=C2CCCCCC2)N1. The fourth-order valence-electron chi connectivity index (χ4n) is 1.73. The number of amides is 1. The highest BCUT2D eigenvalue weighted by Gasteiger charge is 2.16. The van der Waals surface area contributed by atoms with Crippen molar-refractivity contribution in [1.29, 1.82) is 0 Å². The normalized spacial score (nSPS) is 25.2. The van der Waals surface area contributed by atoms with Crippen LogP contribution < -0.4 is 5.32 Å². The van der Waals surface area contributed by atoms with Gasteiger partial charge in [0, 0.05) is 5.71 Å². The van der Waals surface area contributed by atoms with Crippen molar-refractivity contribution in [2.24, 2.45) is 10.2 Å². The van der Waals surface area contributed by atoms with Crippen molar-refractivity contribution < 1.29 is 4.79 Å². The summed E-state index contributed by atoms with van der Waals surface area (Å²) < 4.78 is 0. The number of thioether (sulfide) groups is 1. The number of rotatable bonds is 1. The third-order valence-electron chi connectivity index (χ3n) is 2.55. The van der Waals surface area contributed by atoms with Crippen molar-refractivity contribution in [2.75, 3.05) is 5.75 Å². The number of hydrogen-bond acceptors (Lipinski definition) is 4. The van der Waals surface area contributed by atoms with Crippen molar-refractivity contribution in [3.05, 3.63) is 0 Å². The first kappa shape index (κ1) is 10.7. The lowest BCUT2D eigenvalue weighted by Gasteiger charge is -1.97. The molecule has 0 bridgehead atoms. The maximum absolute atomic E-state index is 10.9. The van der Waals surface area contributed by atoms with Gasteiger partial charge in [0.1, 0.15) is 0 Å². The first-order valence-electron chi connectivity index (χ1n) is 5.40. The molecule has 2 aliphatic rings. The lowest BCUT2D eigenvalue weighted by Crippen LogP contribution is -2.19. The van der Waals surface area contributed by atoms with E-state index in [1.54, 1.807) is 0 Å². The van der Waals surface area contributed by atoms with Crippen LogP contribution in [0.3, 0.4) is 0 Å². The van der Waals surface area contributed by atoms with E-state index in [2.05, 4.69) is 15.5 Å². The van der Waals surface area contributed by atoms with Crippen molar-refractivity contribution in [3.8, 4) is 0 Å². The fourth-order valence-corrected chi connectivity index (χ4v) is 2.36. The molecule has 0 spiro atoms. The van der Waals surface area contributed by atoms with Crippen LogP contribution in [0.15, 0.2) is 10.2 Å². The lowest BCUT2D eigenvalue weighted by atomic mass is 10.2. The second kappa shape index (κ2) is 5.30. The third kappa shape index (κ3) is 3.34. The molecule has 4 nitrogen and oxygen atoms in total. The molecule has 2 fully saturated rings. The largest absolute Gasteiger partial charge is 0.303 e. The number of nitrogens with one attached hydrogen (secondary N) is 1. The van der Waals surface area contributed by atoms with Crippen LogP contribution in [0, 0.1) is 0 Å². The summed E-state index contributed by atoms with van der Waals surface area (Å²) in [7, 11) is 0. The molecule has 1 aliphatic carbocycles. The van der Waals surface area contributed by atoms with E-state index in [4.69, 9.17) is 0 Å². The molecule has 0 aromatic rings. The van der Waals surface area contributed by atoms with Crippen molar-refractivity contribution in [2.45, 2.75) is 38.5 Å². The van der Waals surface area contributed by atoms with Gasteiger partial charge in [-0.2, -0.15) is 5.10 Å². The van der Waals surface area contributed by atoms with Gasteiger partial charge >= 0.3 is 0 Å². The van der Waals surface area contributed by atoms with Crippen LogP contribution in [0.1, 0.15) is 38.5 Å². The maximum atomic E-state index is 10.9. The van der Waals surface area contributed by atoms with Gasteiger partial charge in [-0.1, -0.05) is 24.6 Å². The van der Waals surface area contributed by atoms with Gasteiger partial charge in [0.05, 0.1) is 5.75 Å².